The van der Waals surface area contributed by atoms with Crippen LogP contribution in [-0.2, 0) is 0 Å². The molecule has 0 spiro atoms. The number of benzene rings is 2. The van der Waals surface area contributed by atoms with E-state index >= 15 is 0 Å². The molecule has 2 aliphatic rings. The number of amides is 1. The maximum atomic E-state index is 14.1. The molecule has 1 unspecified atom stereocenters. The molecular formula is C28H25ClFN3O2. The van der Waals surface area contributed by atoms with Gasteiger partial charge in [0.2, 0.25) is 0 Å². The minimum atomic E-state index is -0.811. The van der Waals surface area contributed by atoms with Crippen LogP contribution in [0.1, 0.15) is 51.8 Å². The number of aromatic hydroxyl groups is 1. The lowest BCUT2D eigenvalue weighted by atomic mass is 9.85. The van der Waals surface area contributed by atoms with Gasteiger partial charge in [0.25, 0.3) is 5.91 Å². The van der Waals surface area contributed by atoms with Gasteiger partial charge in [-0.3, -0.25) is 4.79 Å². The van der Waals surface area contributed by atoms with Gasteiger partial charge in [0, 0.05) is 33.8 Å². The number of nitrogens with zero attached hydrogens (tertiary/aromatic N) is 2. The molecule has 3 heterocycles. The Morgan fingerprint density at radius 1 is 1.17 bits per heavy atom. The van der Waals surface area contributed by atoms with Crippen LogP contribution in [0.25, 0.3) is 0 Å². The Balaban J connectivity index is 1.45. The van der Waals surface area contributed by atoms with E-state index in [1.807, 2.05) is 13.0 Å². The summed E-state index contributed by atoms with van der Waals surface area (Å²) in [5, 5.41) is 13.9. The highest BCUT2D eigenvalue weighted by molar-refractivity contribution is 6.30. The van der Waals surface area contributed by atoms with Crippen molar-refractivity contribution in [3.05, 3.63) is 93.5 Å². The number of fused-ring (bicyclic) bond motifs is 2. The molecule has 5 nitrogen and oxygen atoms in total. The van der Waals surface area contributed by atoms with E-state index < -0.39 is 17.8 Å². The second-order valence-corrected chi connectivity index (χ2v) is 9.79. The molecule has 2 bridgehead atoms. The third-order valence-corrected chi connectivity index (χ3v) is 7.03. The predicted molar refractivity (Wildman–Crippen MR) is 133 cm³/mol. The molecule has 2 aromatic carbocycles. The van der Waals surface area contributed by atoms with E-state index in [1.54, 1.807) is 30.3 Å². The zero-order valence-electron chi connectivity index (χ0n) is 19.3. The Morgan fingerprint density at radius 2 is 1.91 bits per heavy atom. The third kappa shape index (κ3) is 5.02. The van der Waals surface area contributed by atoms with E-state index in [0.29, 0.717) is 16.3 Å². The summed E-state index contributed by atoms with van der Waals surface area (Å²) in [5.41, 5.74) is 2.55. The molecule has 1 atom stereocenters. The summed E-state index contributed by atoms with van der Waals surface area (Å²) in [7, 11) is 0. The number of nitrogens with one attached hydrogen (secondary N) is 1. The van der Waals surface area contributed by atoms with Gasteiger partial charge in [0.15, 0.2) is 0 Å². The molecule has 2 fully saturated rings. The number of carbonyl (C=O) groups excluding carboxylic acids is 1. The van der Waals surface area contributed by atoms with E-state index in [0.717, 1.165) is 38.0 Å². The smallest absolute Gasteiger partial charge is 0.270 e. The number of hydrogen-bond acceptors (Lipinski definition) is 4. The second kappa shape index (κ2) is 9.33. The van der Waals surface area contributed by atoms with Crippen molar-refractivity contribution in [2.24, 2.45) is 5.41 Å². The summed E-state index contributed by atoms with van der Waals surface area (Å²) in [6, 6.07) is 13.2. The average Bonchev–Trinajstić information content (AvgIpc) is 3.45. The number of pyridine rings is 1. The van der Waals surface area contributed by atoms with Crippen molar-refractivity contribution in [1.82, 2.24) is 15.2 Å². The third-order valence-electron chi connectivity index (χ3n) is 6.78. The number of phenolic OH excluding ortho intramolecular Hbond substituents is 1. The lowest BCUT2D eigenvalue weighted by molar-refractivity contribution is 0.0937. The van der Waals surface area contributed by atoms with Crippen molar-refractivity contribution < 1.29 is 14.3 Å². The van der Waals surface area contributed by atoms with Gasteiger partial charge in [-0.15, -0.1) is 0 Å². The standard InChI is InChI=1S/C28H25ClFN3O2/c1-18-14-19(8-9-28-10-12-33(17-28)13-11-28)15-24(31-18)27(35)32-26(20-2-4-21(29)5-3-20)23-16-22(30)6-7-25(23)34/h2-7,14-16,26,34H,10-13,17H2,1H3,(H,32,35). The highest BCUT2D eigenvalue weighted by atomic mass is 35.5. The van der Waals surface area contributed by atoms with Crippen molar-refractivity contribution in [2.75, 3.05) is 19.6 Å². The first kappa shape index (κ1) is 23.3. The number of phenols is 1. The van der Waals surface area contributed by atoms with Crippen molar-refractivity contribution in [3.63, 3.8) is 0 Å². The number of aryl methyl sites for hydroxylation is 1. The van der Waals surface area contributed by atoms with Crippen LogP contribution >= 0.6 is 11.6 Å². The minimum Gasteiger partial charge on any atom is -0.508 e. The molecular weight excluding hydrogens is 465 g/mol. The quantitative estimate of drug-likeness (QED) is 0.514. The average molecular weight is 490 g/mol. The molecule has 3 aromatic rings. The highest BCUT2D eigenvalue weighted by Crippen LogP contribution is 2.39. The van der Waals surface area contributed by atoms with Crippen molar-refractivity contribution in [3.8, 4) is 17.6 Å². The first-order valence-electron chi connectivity index (χ1n) is 11.6. The van der Waals surface area contributed by atoms with Gasteiger partial charge in [-0.2, -0.15) is 0 Å². The summed E-state index contributed by atoms with van der Waals surface area (Å²) in [4.78, 5) is 20.2. The van der Waals surface area contributed by atoms with Crippen LogP contribution in [0.15, 0.2) is 54.6 Å². The number of halogens is 2. The van der Waals surface area contributed by atoms with E-state index in [2.05, 4.69) is 27.0 Å². The zero-order chi connectivity index (χ0) is 24.6. The summed E-state index contributed by atoms with van der Waals surface area (Å²) in [6.45, 7) is 5.02. The van der Waals surface area contributed by atoms with E-state index in [1.165, 1.54) is 18.2 Å². The lowest BCUT2D eigenvalue weighted by Gasteiger charge is -2.21. The maximum absolute atomic E-state index is 14.1. The number of rotatable bonds is 4. The molecule has 178 valence electrons. The van der Waals surface area contributed by atoms with Crippen LogP contribution in [0.2, 0.25) is 5.02 Å². The maximum Gasteiger partial charge on any atom is 0.270 e. The molecule has 0 saturated carbocycles. The van der Waals surface area contributed by atoms with Crippen LogP contribution < -0.4 is 5.32 Å². The van der Waals surface area contributed by atoms with Crippen LogP contribution in [0.4, 0.5) is 4.39 Å². The van der Waals surface area contributed by atoms with Crippen molar-refractivity contribution >= 4 is 17.5 Å². The largest absolute Gasteiger partial charge is 0.508 e. The zero-order valence-corrected chi connectivity index (χ0v) is 20.1. The molecule has 2 aliphatic heterocycles. The van der Waals surface area contributed by atoms with Gasteiger partial charge in [-0.1, -0.05) is 35.6 Å². The van der Waals surface area contributed by atoms with Gasteiger partial charge in [0.05, 0.1) is 6.04 Å². The van der Waals surface area contributed by atoms with Gasteiger partial charge in [-0.25, -0.2) is 9.37 Å². The van der Waals surface area contributed by atoms with Crippen LogP contribution in [0.5, 0.6) is 5.75 Å². The van der Waals surface area contributed by atoms with Crippen LogP contribution in [0, 0.1) is 30.0 Å². The molecule has 7 heteroatoms. The summed E-state index contributed by atoms with van der Waals surface area (Å²) >= 11 is 6.03. The molecule has 0 radical (unpaired) electrons. The molecule has 0 aliphatic carbocycles. The fraction of sp³-hybridized carbons (Fsp3) is 0.286. The second-order valence-electron chi connectivity index (χ2n) is 9.35. The highest BCUT2D eigenvalue weighted by Gasteiger charge is 2.42. The predicted octanol–water partition coefficient (Wildman–Crippen LogP) is 4.85. The van der Waals surface area contributed by atoms with Crippen LogP contribution in [-0.4, -0.2) is 40.5 Å². The first-order chi connectivity index (χ1) is 16.8. The van der Waals surface area contributed by atoms with Gasteiger partial charge in [0.1, 0.15) is 17.3 Å². The Morgan fingerprint density at radius 3 is 2.60 bits per heavy atom. The Hall–Kier alpha value is -3.40. The molecule has 2 saturated heterocycles. The minimum absolute atomic E-state index is 0.0498. The van der Waals surface area contributed by atoms with Crippen molar-refractivity contribution in [2.45, 2.75) is 25.8 Å². The van der Waals surface area contributed by atoms with Crippen LogP contribution in [0.3, 0.4) is 0 Å². The van der Waals surface area contributed by atoms with E-state index in [-0.39, 0.29) is 22.4 Å². The van der Waals surface area contributed by atoms with Gasteiger partial charge < -0.3 is 15.3 Å². The Bertz CT molecular complexity index is 1340. The van der Waals surface area contributed by atoms with Crippen molar-refractivity contribution in [1.29, 1.82) is 0 Å². The van der Waals surface area contributed by atoms with E-state index in [4.69, 9.17) is 11.6 Å². The Labute approximate surface area is 209 Å². The molecule has 1 amide bonds. The normalized spacial score (nSPS) is 21.3. The Kier molecular flexibility index (Phi) is 6.22. The first-order valence-corrected chi connectivity index (χ1v) is 12.0. The topological polar surface area (TPSA) is 65.5 Å². The number of aromatic nitrogens is 1. The monoisotopic (exact) mass is 489 g/mol. The molecule has 35 heavy (non-hydrogen) atoms. The summed E-state index contributed by atoms with van der Waals surface area (Å²) in [5.74, 6) is 5.65. The summed E-state index contributed by atoms with van der Waals surface area (Å²) < 4.78 is 14.1. The van der Waals surface area contributed by atoms with Gasteiger partial charge in [-0.05, 0) is 80.9 Å². The van der Waals surface area contributed by atoms with E-state index in [9.17, 15) is 14.3 Å². The number of hydrogen-bond donors (Lipinski definition) is 2. The number of carbonyl (C=O) groups is 1. The van der Waals surface area contributed by atoms with Gasteiger partial charge >= 0.3 is 0 Å². The number of piperidine rings is 1. The molecule has 2 N–H and O–H groups in total. The molecule has 5 rings (SSSR count). The summed E-state index contributed by atoms with van der Waals surface area (Å²) in [6.07, 6.45) is 2.16. The fourth-order valence-corrected chi connectivity index (χ4v) is 5.04. The fourth-order valence-electron chi connectivity index (χ4n) is 4.91. The SMILES string of the molecule is Cc1cc(C#CC23CCN(CC2)C3)cc(C(=O)NC(c2ccc(Cl)cc2)c2cc(F)ccc2O)n1. The lowest BCUT2D eigenvalue weighted by Crippen LogP contribution is -2.30. The molecule has 1 aromatic heterocycles.